The Morgan fingerprint density at radius 1 is 1.26 bits per heavy atom. The van der Waals surface area contributed by atoms with Crippen molar-refractivity contribution in [2.75, 3.05) is 20.6 Å². The van der Waals surface area contributed by atoms with Gasteiger partial charge in [-0.25, -0.2) is 0 Å². The van der Waals surface area contributed by atoms with Gasteiger partial charge in [0.25, 0.3) is 11.8 Å². The number of amides is 2. The minimum Gasteiger partial charge on any atom is -0.345 e. The third kappa shape index (κ3) is 4.37. The second kappa shape index (κ2) is 7.51. The molecule has 23 heavy (non-hydrogen) atoms. The highest BCUT2D eigenvalue weighted by Gasteiger charge is 2.11. The van der Waals surface area contributed by atoms with Gasteiger partial charge in [0.2, 0.25) is 0 Å². The van der Waals surface area contributed by atoms with E-state index in [0.717, 1.165) is 17.1 Å². The number of benzene rings is 1. The molecule has 1 heterocycles. The number of carbonyl (C=O) groups is 2. The fraction of sp³-hybridized carbons (Fsp3) is 0.250. The first-order valence-corrected chi connectivity index (χ1v) is 7.64. The van der Waals surface area contributed by atoms with Crippen LogP contribution in [-0.2, 0) is 0 Å². The van der Waals surface area contributed by atoms with Gasteiger partial charge in [0.1, 0.15) is 4.88 Å². The average molecular weight is 328 g/mol. The van der Waals surface area contributed by atoms with Crippen molar-refractivity contribution in [3.63, 3.8) is 0 Å². The zero-order valence-corrected chi connectivity index (χ0v) is 13.9. The lowest BCUT2D eigenvalue weighted by atomic mass is 10.1. The van der Waals surface area contributed by atoms with Crippen LogP contribution in [0.4, 0.5) is 0 Å². The molecule has 6 nitrogen and oxygen atoms in total. The molecule has 7 heteroatoms. The van der Waals surface area contributed by atoms with Crippen molar-refractivity contribution in [1.82, 2.24) is 19.8 Å². The number of rotatable bonds is 3. The maximum atomic E-state index is 11.8. The first kappa shape index (κ1) is 16.6. The fourth-order valence-corrected chi connectivity index (χ4v) is 2.32. The smallest absolute Gasteiger partial charge is 0.265 e. The maximum absolute atomic E-state index is 11.8. The molecule has 118 valence electrons. The van der Waals surface area contributed by atoms with Crippen LogP contribution in [0, 0.1) is 18.8 Å². The van der Waals surface area contributed by atoms with Gasteiger partial charge >= 0.3 is 0 Å². The molecule has 0 aliphatic heterocycles. The molecule has 2 aromatic rings. The van der Waals surface area contributed by atoms with Crippen LogP contribution >= 0.6 is 11.5 Å². The Labute approximate surface area is 138 Å². The molecule has 0 radical (unpaired) electrons. The number of nitrogens with zero attached hydrogens (tertiary/aromatic N) is 3. The Hall–Kier alpha value is -2.72. The Morgan fingerprint density at radius 3 is 2.52 bits per heavy atom. The van der Waals surface area contributed by atoms with E-state index in [-0.39, 0.29) is 18.4 Å². The molecule has 2 amide bonds. The molecular weight excluding hydrogens is 312 g/mol. The zero-order valence-electron chi connectivity index (χ0n) is 13.1. The molecule has 0 atom stereocenters. The van der Waals surface area contributed by atoms with Crippen molar-refractivity contribution in [2.45, 2.75) is 6.92 Å². The highest BCUT2D eigenvalue weighted by Crippen LogP contribution is 2.08. The molecule has 0 aliphatic carbocycles. The Morgan fingerprint density at radius 2 is 1.96 bits per heavy atom. The second-order valence-electron chi connectivity index (χ2n) is 4.95. The molecule has 0 saturated heterocycles. The lowest BCUT2D eigenvalue weighted by Gasteiger charge is -2.09. The van der Waals surface area contributed by atoms with Gasteiger partial charge in [0, 0.05) is 25.2 Å². The third-order valence-corrected chi connectivity index (χ3v) is 3.79. The van der Waals surface area contributed by atoms with Gasteiger partial charge in [0.05, 0.1) is 12.2 Å². The van der Waals surface area contributed by atoms with Crippen LogP contribution in [0.1, 0.15) is 31.3 Å². The molecular formula is C16H16N4O2S. The lowest BCUT2D eigenvalue weighted by molar-refractivity contribution is 0.0827. The van der Waals surface area contributed by atoms with E-state index in [1.807, 2.05) is 0 Å². The van der Waals surface area contributed by atoms with Crippen molar-refractivity contribution < 1.29 is 9.59 Å². The van der Waals surface area contributed by atoms with E-state index in [0.29, 0.717) is 16.1 Å². The quantitative estimate of drug-likeness (QED) is 0.863. The minimum atomic E-state index is -0.223. The van der Waals surface area contributed by atoms with Gasteiger partial charge in [-0.3, -0.25) is 9.59 Å². The van der Waals surface area contributed by atoms with Crippen LogP contribution in [0.5, 0.6) is 0 Å². The van der Waals surface area contributed by atoms with E-state index >= 15 is 0 Å². The third-order valence-electron chi connectivity index (χ3n) is 2.97. The van der Waals surface area contributed by atoms with E-state index < -0.39 is 0 Å². The number of carbonyl (C=O) groups excluding carboxylic acids is 2. The average Bonchev–Trinajstić information content (AvgIpc) is 2.97. The number of nitrogens with one attached hydrogen (secondary N) is 1. The van der Waals surface area contributed by atoms with E-state index in [9.17, 15) is 9.59 Å². The SMILES string of the molecule is Cc1nnsc1C(=O)NCC#Cc1ccc(C(=O)N(C)C)cc1. The Bertz CT molecular complexity index is 769. The predicted molar refractivity (Wildman–Crippen MR) is 88.3 cm³/mol. The molecule has 0 saturated carbocycles. The van der Waals surface area contributed by atoms with Crippen molar-refractivity contribution in [3.8, 4) is 11.8 Å². The van der Waals surface area contributed by atoms with E-state index in [4.69, 9.17) is 0 Å². The zero-order chi connectivity index (χ0) is 16.8. The number of aryl methyl sites for hydroxylation is 1. The summed E-state index contributed by atoms with van der Waals surface area (Å²) in [5.74, 6) is 5.54. The highest BCUT2D eigenvalue weighted by atomic mass is 32.1. The first-order chi connectivity index (χ1) is 11.0. The normalized spacial score (nSPS) is 9.70. The summed E-state index contributed by atoms with van der Waals surface area (Å²) in [5, 5.41) is 6.49. The standard InChI is InChI=1S/C16H16N4O2S/c1-11-14(23-19-18-11)15(21)17-10-4-5-12-6-8-13(9-7-12)16(22)20(2)3/h6-9H,10H2,1-3H3,(H,17,21). The molecule has 0 bridgehead atoms. The molecule has 1 aromatic carbocycles. The summed E-state index contributed by atoms with van der Waals surface area (Å²) < 4.78 is 3.72. The van der Waals surface area contributed by atoms with Gasteiger partial charge in [-0.15, -0.1) is 5.10 Å². The molecule has 1 N–H and O–H groups in total. The van der Waals surface area contributed by atoms with Crippen LogP contribution in [-0.4, -0.2) is 46.9 Å². The monoisotopic (exact) mass is 328 g/mol. The Kier molecular flexibility index (Phi) is 5.44. The van der Waals surface area contributed by atoms with Crippen LogP contribution < -0.4 is 5.32 Å². The minimum absolute atomic E-state index is 0.0506. The van der Waals surface area contributed by atoms with Crippen molar-refractivity contribution >= 4 is 23.3 Å². The molecule has 0 fully saturated rings. The van der Waals surface area contributed by atoms with E-state index in [2.05, 4.69) is 26.7 Å². The van der Waals surface area contributed by atoms with E-state index in [1.54, 1.807) is 45.3 Å². The second-order valence-corrected chi connectivity index (χ2v) is 5.70. The summed E-state index contributed by atoms with van der Waals surface area (Å²) >= 11 is 1.06. The summed E-state index contributed by atoms with van der Waals surface area (Å²) in [6.45, 7) is 1.97. The van der Waals surface area contributed by atoms with Gasteiger partial charge in [-0.1, -0.05) is 16.3 Å². The first-order valence-electron chi connectivity index (χ1n) is 6.87. The summed E-state index contributed by atoms with van der Waals surface area (Å²) in [4.78, 5) is 25.6. The molecule has 2 rings (SSSR count). The highest BCUT2D eigenvalue weighted by molar-refractivity contribution is 7.07. The van der Waals surface area contributed by atoms with Gasteiger partial charge < -0.3 is 10.2 Å². The van der Waals surface area contributed by atoms with E-state index in [1.165, 1.54) is 4.90 Å². The number of aromatic nitrogens is 2. The topological polar surface area (TPSA) is 75.2 Å². The summed E-state index contributed by atoms with van der Waals surface area (Å²) in [7, 11) is 3.41. The van der Waals surface area contributed by atoms with Crippen LogP contribution in [0.25, 0.3) is 0 Å². The summed E-state index contributed by atoms with van der Waals surface area (Å²) in [5.41, 5.74) is 2.01. The molecule has 0 spiro atoms. The Balaban J connectivity index is 1.91. The van der Waals surface area contributed by atoms with Crippen molar-refractivity contribution in [2.24, 2.45) is 0 Å². The van der Waals surface area contributed by atoms with Gasteiger partial charge in [-0.2, -0.15) is 0 Å². The van der Waals surface area contributed by atoms with Crippen LogP contribution in [0.2, 0.25) is 0 Å². The summed E-state index contributed by atoms with van der Waals surface area (Å²) in [6, 6.07) is 7.03. The number of hydrogen-bond donors (Lipinski definition) is 1. The molecule has 0 aliphatic rings. The van der Waals surface area contributed by atoms with Gasteiger partial charge in [-0.05, 0) is 42.7 Å². The number of hydrogen-bond acceptors (Lipinski definition) is 5. The molecule has 1 aromatic heterocycles. The fourth-order valence-electron chi connectivity index (χ4n) is 1.75. The predicted octanol–water partition coefficient (Wildman–Crippen LogP) is 1.33. The summed E-state index contributed by atoms with van der Waals surface area (Å²) in [6.07, 6.45) is 0. The van der Waals surface area contributed by atoms with Crippen LogP contribution in [0.3, 0.4) is 0 Å². The van der Waals surface area contributed by atoms with Gasteiger partial charge in [0.15, 0.2) is 0 Å². The largest absolute Gasteiger partial charge is 0.345 e. The van der Waals surface area contributed by atoms with Crippen LogP contribution in [0.15, 0.2) is 24.3 Å². The molecule has 0 unspecified atom stereocenters. The van der Waals surface area contributed by atoms with Crippen molar-refractivity contribution in [3.05, 3.63) is 46.0 Å². The lowest BCUT2D eigenvalue weighted by Crippen LogP contribution is -2.23. The van der Waals surface area contributed by atoms with Crippen molar-refractivity contribution in [1.29, 1.82) is 0 Å². The maximum Gasteiger partial charge on any atom is 0.265 e.